The maximum absolute atomic E-state index is 5.84. The molecule has 0 radical (unpaired) electrons. The SMILES string of the molecule is c1csc(C(NCCC2CCCCO2)C2CCCC2)c1. The Balaban J connectivity index is 1.50. The van der Waals surface area contributed by atoms with Crippen molar-refractivity contribution >= 4 is 11.3 Å². The summed E-state index contributed by atoms with van der Waals surface area (Å²) >= 11 is 1.91. The van der Waals surface area contributed by atoms with E-state index in [1.807, 2.05) is 11.3 Å². The topological polar surface area (TPSA) is 21.3 Å². The highest BCUT2D eigenvalue weighted by molar-refractivity contribution is 7.10. The van der Waals surface area contributed by atoms with Crippen LogP contribution >= 0.6 is 11.3 Å². The van der Waals surface area contributed by atoms with Crippen LogP contribution < -0.4 is 5.32 Å². The molecule has 1 aliphatic heterocycles. The van der Waals surface area contributed by atoms with E-state index in [2.05, 4.69) is 22.8 Å². The molecule has 2 unspecified atom stereocenters. The zero-order valence-electron chi connectivity index (χ0n) is 12.4. The Labute approximate surface area is 126 Å². The zero-order chi connectivity index (χ0) is 13.6. The molecule has 1 saturated heterocycles. The van der Waals surface area contributed by atoms with Crippen molar-refractivity contribution in [3.63, 3.8) is 0 Å². The predicted octanol–water partition coefficient (Wildman–Crippen LogP) is 4.53. The predicted molar refractivity (Wildman–Crippen MR) is 85.2 cm³/mol. The van der Waals surface area contributed by atoms with Gasteiger partial charge >= 0.3 is 0 Å². The molecule has 1 aromatic heterocycles. The molecular formula is C17H27NOS. The lowest BCUT2D eigenvalue weighted by atomic mass is 9.96. The average Bonchev–Trinajstić information content (AvgIpc) is 3.18. The van der Waals surface area contributed by atoms with Crippen LogP contribution in [0.5, 0.6) is 0 Å². The first kappa shape index (κ1) is 14.6. The van der Waals surface area contributed by atoms with Gasteiger partial charge in [0.1, 0.15) is 0 Å². The van der Waals surface area contributed by atoms with Crippen LogP contribution in [-0.4, -0.2) is 19.3 Å². The molecule has 0 aromatic carbocycles. The number of nitrogens with one attached hydrogen (secondary N) is 1. The fourth-order valence-electron chi connectivity index (χ4n) is 3.69. The van der Waals surface area contributed by atoms with E-state index >= 15 is 0 Å². The lowest BCUT2D eigenvalue weighted by Crippen LogP contribution is -2.30. The Morgan fingerprint density at radius 3 is 2.75 bits per heavy atom. The van der Waals surface area contributed by atoms with Gasteiger partial charge in [0, 0.05) is 17.5 Å². The number of thiophene rings is 1. The second-order valence-corrected chi connectivity index (χ2v) is 7.25. The van der Waals surface area contributed by atoms with Crippen LogP contribution in [0.3, 0.4) is 0 Å². The summed E-state index contributed by atoms with van der Waals surface area (Å²) in [6.07, 6.45) is 11.2. The Kier molecular flexibility index (Phi) is 5.51. The molecule has 3 heteroatoms. The van der Waals surface area contributed by atoms with Gasteiger partial charge in [-0.2, -0.15) is 0 Å². The van der Waals surface area contributed by atoms with Crippen LogP contribution in [0.2, 0.25) is 0 Å². The summed E-state index contributed by atoms with van der Waals surface area (Å²) in [5.74, 6) is 0.848. The van der Waals surface area contributed by atoms with Crippen LogP contribution in [0.25, 0.3) is 0 Å². The van der Waals surface area contributed by atoms with E-state index in [-0.39, 0.29) is 0 Å². The van der Waals surface area contributed by atoms with Crippen molar-refractivity contribution in [1.82, 2.24) is 5.32 Å². The Morgan fingerprint density at radius 1 is 1.20 bits per heavy atom. The maximum atomic E-state index is 5.84. The fourth-order valence-corrected chi connectivity index (χ4v) is 4.59. The molecule has 2 heterocycles. The third-order valence-corrected chi connectivity index (χ3v) is 5.78. The van der Waals surface area contributed by atoms with Crippen LogP contribution in [0.1, 0.15) is 62.3 Å². The summed E-state index contributed by atoms with van der Waals surface area (Å²) in [7, 11) is 0. The maximum Gasteiger partial charge on any atom is 0.0587 e. The Bertz CT molecular complexity index is 366. The highest BCUT2D eigenvalue weighted by atomic mass is 32.1. The first-order valence-electron chi connectivity index (χ1n) is 8.32. The Hall–Kier alpha value is -0.380. The summed E-state index contributed by atoms with van der Waals surface area (Å²) < 4.78 is 5.84. The quantitative estimate of drug-likeness (QED) is 0.832. The number of ether oxygens (including phenoxy) is 1. The van der Waals surface area contributed by atoms with Crippen molar-refractivity contribution in [2.75, 3.05) is 13.2 Å². The minimum atomic E-state index is 0.504. The Morgan fingerprint density at radius 2 is 2.05 bits per heavy atom. The molecule has 1 aromatic rings. The molecular weight excluding hydrogens is 266 g/mol. The van der Waals surface area contributed by atoms with Crippen LogP contribution in [0.4, 0.5) is 0 Å². The van der Waals surface area contributed by atoms with E-state index in [9.17, 15) is 0 Å². The second-order valence-electron chi connectivity index (χ2n) is 6.27. The van der Waals surface area contributed by atoms with Crippen LogP contribution in [-0.2, 0) is 4.74 Å². The molecule has 20 heavy (non-hydrogen) atoms. The lowest BCUT2D eigenvalue weighted by molar-refractivity contribution is 0.0109. The zero-order valence-corrected chi connectivity index (χ0v) is 13.2. The van der Waals surface area contributed by atoms with E-state index < -0.39 is 0 Å². The largest absolute Gasteiger partial charge is 0.378 e. The van der Waals surface area contributed by atoms with Gasteiger partial charge in [0.15, 0.2) is 0 Å². The minimum Gasteiger partial charge on any atom is -0.378 e. The van der Waals surface area contributed by atoms with Gasteiger partial charge in [-0.25, -0.2) is 0 Å². The number of hydrogen-bond donors (Lipinski definition) is 1. The molecule has 3 rings (SSSR count). The first-order valence-corrected chi connectivity index (χ1v) is 9.20. The molecule has 0 bridgehead atoms. The lowest BCUT2D eigenvalue weighted by Gasteiger charge is -2.26. The van der Waals surface area contributed by atoms with Crippen LogP contribution in [0, 0.1) is 5.92 Å². The molecule has 2 aliphatic rings. The van der Waals surface area contributed by atoms with Crippen molar-refractivity contribution in [2.45, 2.75) is 63.5 Å². The summed E-state index contributed by atoms with van der Waals surface area (Å²) in [5.41, 5.74) is 0. The van der Waals surface area contributed by atoms with E-state index in [4.69, 9.17) is 4.74 Å². The van der Waals surface area contributed by atoms with Crippen molar-refractivity contribution in [2.24, 2.45) is 5.92 Å². The summed E-state index contributed by atoms with van der Waals surface area (Å²) in [6, 6.07) is 5.08. The van der Waals surface area contributed by atoms with E-state index in [1.54, 1.807) is 0 Å². The van der Waals surface area contributed by atoms with Crippen molar-refractivity contribution in [1.29, 1.82) is 0 Å². The third-order valence-electron chi connectivity index (χ3n) is 4.83. The van der Waals surface area contributed by atoms with E-state index in [0.29, 0.717) is 12.1 Å². The molecule has 1 saturated carbocycles. The van der Waals surface area contributed by atoms with E-state index in [1.165, 1.54) is 56.2 Å². The van der Waals surface area contributed by atoms with Gasteiger partial charge < -0.3 is 10.1 Å². The molecule has 1 aliphatic carbocycles. The van der Waals surface area contributed by atoms with Crippen LogP contribution in [0.15, 0.2) is 17.5 Å². The fraction of sp³-hybridized carbons (Fsp3) is 0.765. The molecule has 0 spiro atoms. The van der Waals surface area contributed by atoms with Crippen molar-refractivity contribution in [3.05, 3.63) is 22.4 Å². The van der Waals surface area contributed by atoms with Gasteiger partial charge in [-0.15, -0.1) is 11.3 Å². The van der Waals surface area contributed by atoms with Gasteiger partial charge in [-0.3, -0.25) is 0 Å². The summed E-state index contributed by atoms with van der Waals surface area (Å²) in [4.78, 5) is 1.53. The molecule has 2 fully saturated rings. The third kappa shape index (κ3) is 3.84. The average molecular weight is 293 g/mol. The van der Waals surface area contributed by atoms with Gasteiger partial charge in [0.05, 0.1) is 6.10 Å². The number of hydrogen-bond acceptors (Lipinski definition) is 3. The summed E-state index contributed by atoms with van der Waals surface area (Å²) in [6.45, 7) is 2.07. The minimum absolute atomic E-state index is 0.504. The van der Waals surface area contributed by atoms with Gasteiger partial charge in [0.25, 0.3) is 0 Å². The van der Waals surface area contributed by atoms with Crippen molar-refractivity contribution in [3.8, 4) is 0 Å². The van der Waals surface area contributed by atoms with Gasteiger partial charge in [0.2, 0.25) is 0 Å². The molecule has 0 amide bonds. The molecule has 112 valence electrons. The second kappa shape index (κ2) is 7.58. The van der Waals surface area contributed by atoms with Gasteiger partial charge in [-0.1, -0.05) is 18.9 Å². The molecule has 2 nitrogen and oxygen atoms in total. The number of rotatable bonds is 6. The highest BCUT2D eigenvalue weighted by Gasteiger charge is 2.26. The standard InChI is InChI=1S/C17H27NOS/c1-2-7-14(6-1)17(16-9-5-13-20-16)18-11-10-15-8-3-4-12-19-15/h5,9,13-15,17-18H,1-4,6-8,10-12H2. The first-order chi connectivity index (χ1) is 9.93. The normalized spacial score (nSPS) is 25.9. The van der Waals surface area contributed by atoms with E-state index in [0.717, 1.165) is 19.1 Å². The monoisotopic (exact) mass is 293 g/mol. The van der Waals surface area contributed by atoms with Crippen molar-refractivity contribution < 1.29 is 4.74 Å². The summed E-state index contributed by atoms with van der Waals surface area (Å²) in [5, 5.41) is 6.05. The molecule has 1 N–H and O–H groups in total. The smallest absolute Gasteiger partial charge is 0.0587 e. The van der Waals surface area contributed by atoms with Gasteiger partial charge in [-0.05, 0) is 62.4 Å². The highest BCUT2D eigenvalue weighted by Crippen LogP contribution is 2.37. The molecule has 2 atom stereocenters.